The van der Waals surface area contributed by atoms with Crippen molar-refractivity contribution in [3.63, 3.8) is 0 Å². The van der Waals surface area contributed by atoms with E-state index in [0.29, 0.717) is 19.8 Å². The number of ether oxygens (including phenoxy) is 1. The molecule has 0 saturated carbocycles. The number of carbonyl (C=O) groups is 2. The number of urea groups is 1. The Labute approximate surface area is 107 Å². The van der Waals surface area contributed by atoms with E-state index in [4.69, 9.17) is 9.84 Å². The molecule has 0 fully saturated rings. The van der Waals surface area contributed by atoms with E-state index in [0.717, 1.165) is 6.42 Å². The first-order chi connectivity index (χ1) is 8.40. The summed E-state index contributed by atoms with van der Waals surface area (Å²) in [6, 6.07) is -0.392. The van der Waals surface area contributed by atoms with Crippen LogP contribution < -0.4 is 10.6 Å². The predicted molar refractivity (Wildman–Crippen MR) is 68.5 cm³/mol. The van der Waals surface area contributed by atoms with Gasteiger partial charge in [-0.1, -0.05) is 6.08 Å². The van der Waals surface area contributed by atoms with E-state index >= 15 is 0 Å². The van der Waals surface area contributed by atoms with Gasteiger partial charge in [-0.05, 0) is 20.3 Å². The van der Waals surface area contributed by atoms with Crippen molar-refractivity contribution in [3.05, 3.63) is 12.7 Å². The highest BCUT2D eigenvalue weighted by Crippen LogP contribution is 2.12. The Bertz CT molecular complexity index is 290. The van der Waals surface area contributed by atoms with Crippen LogP contribution in [-0.4, -0.2) is 43.4 Å². The van der Waals surface area contributed by atoms with E-state index in [1.165, 1.54) is 0 Å². The summed E-state index contributed by atoms with van der Waals surface area (Å²) >= 11 is 0. The lowest BCUT2D eigenvalue weighted by Crippen LogP contribution is -2.44. The number of carbonyl (C=O) groups excluding carboxylic acids is 1. The topological polar surface area (TPSA) is 87.7 Å². The molecule has 0 rings (SSSR count). The number of hydrogen-bond acceptors (Lipinski definition) is 3. The molecule has 0 heterocycles. The van der Waals surface area contributed by atoms with Gasteiger partial charge in [0.25, 0.3) is 0 Å². The van der Waals surface area contributed by atoms with E-state index < -0.39 is 17.4 Å². The Morgan fingerprint density at radius 1 is 1.33 bits per heavy atom. The highest BCUT2D eigenvalue weighted by atomic mass is 16.5. The molecule has 6 nitrogen and oxygen atoms in total. The van der Waals surface area contributed by atoms with Crippen LogP contribution in [0.5, 0.6) is 0 Å². The summed E-state index contributed by atoms with van der Waals surface area (Å²) in [6.07, 6.45) is 2.53. The average Bonchev–Trinajstić information content (AvgIpc) is 2.31. The Morgan fingerprint density at radius 2 is 2.00 bits per heavy atom. The molecule has 0 spiro atoms. The van der Waals surface area contributed by atoms with Gasteiger partial charge in [0.1, 0.15) is 0 Å². The van der Waals surface area contributed by atoms with Crippen LogP contribution in [0.3, 0.4) is 0 Å². The fourth-order valence-electron chi connectivity index (χ4n) is 0.945. The molecule has 0 aliphatic carbocycles. The molecular weight excluding hydrogens is 236 g/mol. The first-order valence-electron chi connectivity index (χ1n) is 5.84. The van der Waals surface area contributed by atoms with Crippen LogP contribution in [0.15, 0.2) is 12.7 Å². The molecule has 104 valence electrons. The van der Waals surface area contributed by atoms with Gasteiger partial charge in [-0.2, -0.15) is 0 Å². The minimum absolute atomic E-state index is 0.0749. The van der Waals surface area contributed by atoms with E-state index in [1.807, 2.05) is 0 Å². The lowest BCUT2D eigenvalue weighted by atomic mass is 9.94. The largest absolute Gasteiger partial charge is 0.481 e. The van der Waals surface area contributed by atoms with Crippen LogP contribution in [0, 0.1) is 5.41 Å². The number of rotatable bonds is 9. The van der Waals surface area contributed by atoms with E-state index in [-0.39, 0.29) is 6.54 Å². The molecule has 0 saturated heterocycles. The standard InChI is InChI=1S/C12H22N2O4/c1-4-5-7-18-8-6-13-11(17)14-9-12(2,3)10(15)16/h4H,1,5-9H2,2-3H3,(H,15,16)(H2,13,14,17). The number of carboxylic acid groups (broad SMARTS) is 1. The maximum absolute atomic E-state index is 11.3. The zero-order valence-corrected chi connectivity index (χ0v) is 11.0. The molecule has 18 heavy (non-hydrogen) atoms. The molecule has 0 aromatic carbocycles. The molecular formula is C12H22N2O4. The van der Waals surface area contributed by atoms with Crippen molar-refractivity contribution < 1.29 is 19.4 Å². The molecule has 2 amide bonds. The normalized spacial score (nSPS) is 10.8. The summed E-state index contributed by atoms with van der Waals surface area (Å²) in [5.74, 6) is -0.949. The van der Waals surface area contributed by atoms with Gasteiger partial charge >= 0.3 is 12.0 Å². The quantitative estimate of drug-likeness (QED) is 0.425. The van der Waals surface area contributed by atoms with E-state index in [2.05, 4.69) is 17.2 Å². The molecule has 0 bridgehead atoms. The third-order valence-electron chi connectivity index (χ3n) is 2.27. The summed E-state index contributed by atoms with van der Waals surface area (Å²) in [5, 5.41) is 13.9. The van der Waals surface area contributed by atoms with Gasteiger partial charge in [0, 0.05) is 13.1 Å². The van der Waals surface area contributed by atoms with Gasteiger partial charge in [0.15, 0.2) is 0 Å². The second kappa shape index (κ2) is 8.52. The van der Waals surface area contributed by atoms with Crippen molar-refractivity contribution in [3.8, 4) is 0 Å². The summed E-state index contributed by atoms with van der Waals surface area (Å²) < 4.78 is 5.20. The average molecular weight is 258 g/mol. The molecule has 0 atom stereocenters. The molecule has 0 aliphatic heterocycles. The number of hydrogen-bond donors (Lipinski definition) is 3. The number of carboxylic acids is 1. The van der Waals surface area contributed by atoms with Crippen LogP contribution in [0.4, 0.5) is 4.79 Å². The van der Waals surface area contributed by atoms with E-state index in [1.54, 1.807) is 19.9 Å². The highest BCUT2D eigenvalue weighted by Gasteiger charge is 2.27. The molecule has 6 heteroatoms. The van der Waals surface area contributed by atoms with Gasteiger partial charge in [-0.15, -0.1) is 6.58 Å². The fourth-order valence-corrected chi connectivity index (χ4v) is 0.945. The van der Waals surface area contributed by atoms with Gasteiger partial charge in [-0.3, -0.25) is 4.79 Å². The molecule has 0 aromatic rings. The SMILES string of the molecule is C=CCCOCCNC(=O)NCC(C)(C)C(=O)O. The number of amides is 2. The second-order valence-electron chi connectivity index (χ2n) is 4.49. The molecule has 3 N–H and O–H groups in total. The van der Waals surface area contributed by atoms with Crippen molar-refractivity contribution in [1.82, 2.24) is 10.6 Å². The van der Waals surface area contributed by atoms with Crippen LogP contribution in [0.2, 0.25) is 0 Å². The Hall–Kier alpha value is -1.56. The monoisotopic (exact) mass is 258 g/mol. The molecule has 0 radical (unpaired) electrons. The lowest BCUT2D eigenvalue weighted by Gasteiger charge is -2.19. The van der Waals surface area contributed by atoms with Gasteiger partial charge in [-0.25, -0.2) is 4.79 Å². The van der Waals surface area contributed by atoms with Crippen molar-refractivity contribution >= 4 is 12.0 Å². The summed E-state index contributed by atoms with van der Waals surface area (Å²) in [4.78, 5) is 22.1. The zero-order valence-electron chi connectivity index (χ0n) is 11.0. The van der Waals surface area contributed by atoms with Crippen molar-refractivity contribution in [2.24, 2.45) is 5.41 Å². The summed E-state index contributed by atoms with van der Waals surface area (Å²) in [5.41, 5.74) is -0.974. The first kappa shape index (κ1) is 16.4. The van der Waals surface area contributed by atoms with Crippen molar-refractivity contribution in [1.29, 1.82) is 0 Å². The predicted octanol–water partition coefficient (Wildman–Crippen LogP) is 0.989. The van der Waals surface area contributed by atoms with Gasteiger partial charge < -0.3 is 20.5 Å². The Balaban J connectivity index is 3.60. The zero-order chi connectivity index (χ0) is 14.0. The highest BCUT2D eigenvalue weighted by molar-refractivity contribution is 5.77. The van der Waals surface area contributed by atoms with Gasteiger partial charge in [0.05, 0.1) is 18.6 Å². The van der Waals surface area contributed by atoms with Crippen LogP contribution in [0.25, 0.3) is 0 Å². The first-order valence-corrected chi connectivity index (χ1v) is 5.84. The number of aliphatic carboxylic acids is 1. The maximum atomic E-state index is 11.3. The van der Waals surface area contributed by atoms with E-state index in [9.17, 15) is 9.59 Å². The van der Waals surface area contributed by atoms with Crippen molar-refractivity contribution in [2.75, 3.05) is 26.3 Å². The summed E-state index contributed by atoms with van der Waals surface area (Å²) in [7, 11) is 0. The van der Waals surface area contributed by atoms with Crippen LogP contribution in [0.1, 0.15) is 20.3 Å². The van der Waals surface area contributed by atoms with Gasteiger partial charge in [0.2, 0.25) is 0 Å². The third-order valence-corrected chi connectivity index (χ3v) is 2.27. The fraction of sp³-hybridized carbons (Fsp3) is 0.667. The minimum atomic E-state index is -0.974. The minimum Gasteiger partial charge on any atom is -0.481 e. The molecule has 0 aromatic heterocycles. The Kier molecular flexibility index (Phi) is 7.78. The number of nitrogens with one attached hydrogen (secondary N) is 2. The lowest BCUT2D eigenvalue weighted by molar-refractivity contribution is -0.146. The smallest absolute Gasteiger partial charge is 0.314 e. The maximum Gasteiger partial charge on any atom is 0.314 e. The summed E-state index contributed by atoms with van der Waals surface area (Å²) in [6.45, 7) is 8.12. The molecule has 0 aliphatic rings. The van der Waals surface area contributed by atoms with Crippen LogP contribution >= 0.6 is 0 Å². The third kappa shape index (κ3) is 7.67. The molecule has 0 unspecified atom stereocenters. The van der Waals surface area contributed by atoms with Crippen molar-refractivity contribution in [2.45, 2.75) is 20.3 Å². The Morgan fingerprint density at radius 3 is 2.56 bits per heavy atom. The van der Waals surface area contributed by atoms with Crippen LogP contribution in [-0.2, 0) is 9.53 Å². The second-order valence-corrected chi connectivity index (χ2v) is 4.49.